The molecule has 11 heavy (non-hydrogen) atoms. The molecule has 2 heterocycles. The molecule has 0 aliphatic carbocycles. The van der Waals surface area contributed by atoms with Crippen LogP contribution in [-0.4, -0.2) is 16.4 Å². The average molecular weight is 153 g/mol. The monoisotopic (exact) mass is 153 g/mol. The SMILES string of the molecule is C[C@H]1COc2c(N)cnn2C1. The second-order valence-corrected chi connectivity index (χ2v) is 3.00. The third kappa shape index (κ3) is 0.943. The average Bonchev–Trinajstić information content (AvgIpc) is 2.32. The Morgan fingerprint density at radius 1 is 1.82 bits per heavy atom. The van der Waals surface area contributed by atoms with Gasteiger partial charge in [0.05, 0.1) is 19.3 Å². The standard InChI is InChI=1S/C7H11N3O/c1-5-3-10-7(11-4-5)6(8)2-9-10/h2,5H,3-4,8H2,1H3/t5-/m1/s1. The minimum absolute atomic E-state index is 0.529. The number of nitrogens with zero attached hydrogens (tertiary/aromatic N) is 2. The van der Waals surface area contributed by atoms with Gasteiger partial charge in [-0.05, 0) is 0 Å². The summed E-state index contributed by atoms with van der Waals surface area (Å²) in [6.45, 7) is 3.78. The lowest BCUT2D eigenvalue weighted by Gasteiger charge is -2.20. The number of nitrogens with two attached hydrogens (primary N) is 1. The highest BCUT2D eigenvalue weighted by Gasteiger charge is 2.18. The van der Waals surface area contributed by atoms with E-state index in [1.54, 1.807) is 6.20 Å². The fraction of sp³-hybridized carbons (Fsp3) is 0.571. The zero-order chi connectivity index (χ0) is 7.84. The molecule has 0 unspecified atom stereocenters. The van der Waals surface area contributed by atoms with Gasteiger partial charge in [-0.1, -0.05) is 6.92 Å². The highest BCUT2D eigenvalue weighted by molar-refractivity contribution is 5.46. The molecule has 4 heteroatoms. The first-order valence-corrected chi connectivity index (χ1v) is 3.71. The van der Waals surface area contributed by atoms with Crippen LogP contribution in [0.5, 0.6) is 5.88 Å². The van der Waals surface area contributed by atoms with Crippen molar-refractivity contribution in [3.63, 3.8) is 0 Å². The van der Waals surface area contributed by atoms with Crippen molar-refractivity contribution in [2.45, 2.75) is 13.5 Å². The highest BCUT2D eigenvalue weighted by Crippen LogP contribution is 2.25. The van der Waals surface area contributed by atoms with Gasteiger partial charge in [-0.2, -0.15) is 5.10 Å². The first-order chi connectivity index (χ1) is 5.27. The minimum atomic E-state index is 0.529. The first-order valence-electron chi connectivity index (χ1n) is 3.71. The third-order valence-corrected chi connectivity index (χ3v) is 1.81. The van der Waals surface area contributed by atoms with E-state index in [9.17, 15) is 0 Å². The summed E-state index contributed by atoms with van der Waals surface area (Å²) < 4.78 is 7.19. The van der Waals surface area contributed by atoms with E-state index in [4.69, 9.17) is 10.5 Å². The van der Waals surface area contributed by atoms with Crippen LogP contribution in [0.25, 0.3) is 0 Å². The predicted molar refractivity (Wildman–Crippen MR) is 41.3 cm³/mol. The van der Waals surface area contributed by atoms with Crippen LogP contribution in [0.1, 0.15) is 6.92 Å². The topological polar surface area (TPSA) is 53.1 Å². The summed E-state index contributed by atoms with van der Waals surface area (Å²) in [7, 11) is 0. The molecule has 1 atom stereocenters. The Kier molecular flexibility index (Phi) is 1.27. The molecule has 1 aromatic heterocycles. The normalized spacial score (nSPS) is 22.5. The molecule has 2 rings (SSSR count). The van der Waals surface area contributed by atoms with E-state index >= 15 is 0 Å². The molecule has 60 valence electrons. The second-order valence-electron chi connectivity index (χ2n) is 3.00. The maximum atomic E-state index is 5.60. The fourth-order valence-electron chi connectivity index (χ4n) is 1.25. The molecule has 1 aliphatic heterocycles. The molecule has 4 nitrogen and oxygen atoms in total. The number of rotatable bonds is 0. The Hall–Kier alpha value is -1.19. The van der Waals surface area contributed by atoms with E-state index in [0.717, 1.165) is 19.0 Å². The van der Waals surface area contributed by atoms with E-state index in [1.807, 2.05) is 4.68 Å². The molecule has 0 saturated carbocycles. The van der Waals surface area contributed by atoms with Crippen molar-refractivity contribution >= 4 is 5.69 Å². The summed E-state index contributed by atoms with van der Waals surface area (Å²) in [6.07, 6.45) is 1.63. The fourth-order valence-corrected chi connectivity index (χ4v) is 1.25. The summed E-state index contributed by atoms with van der Waals surface area (Å²) in [5, 5.41) is 4.07. The lowest BCUT2D eigenvalue weighted by Crippen LogP contribution is -2.23. The van der Waals surface area contributed by atoms with Gasteiger partial charge in [0, 0.05) is 5.92 Å². The largest absolute Gasteiger partial charge is 0.476 e. The molecule has 2 N–H and O–H groups in total. The summed E-state index contributed by atoms with van der Waals surface area (Å²) in [5.74, 6) is 1.25. The van der Waals surface area contributed by atoms with E-state index in [1.165, 1.54) is 0 Å². The third-order valence-electron chi connectivity index (χ3n) is 1.81. The summed E-state index contributed by atoms with van der Waals surface area (Å²) in [6, 6.07) is 0. The van der Waals surface area contributed by atoms with E-state index in [0.29, 0.717) is 11.6 Å². The lowest BCUT2D eigenvalue weighted by atomic mass is 10.2. The van der Waals surface area contributed by atoms with Crippen molar-refractivity contribution in [2.75, 3.05) is 12.3 Å². The van der Waals surface area contributed by atoms with Crippen LogP contribution < -0.4 is 10.5 Å². The zero-order valence-electron chi connectivity index (χ0n) is 6.45. The number of anilines is 1. The highest BCUT2D eigenvalue weighted by atomic mass is 16.5. The van der Waals surface area contributed by atoms with Crippen LogP contribution in [0.15, 0.2) is 6.20 Å². The summed E-state index contributed by atoms with van der Waals surface area (Å²) in [5.41, 5.74) is 6.23. The molecular formula is C7H11N3O. The van der Waals surface area contributed by atoms with Gasteiger partial charge in [0.1, 0.15) is 5.69 Å². The van der Waals surface area contributed by atoms with Crippen molar-refractivity contribution in [1.82, 2.24) is 9.78 Å². The van der Waals surface area contributed by atoms with Crippen LogP contribution >= 0.6 is 0 Å². The molecule has 0 aromatic carbocycles. The van der Waals surface area contributed by atoms with Gasteiger partial charge < -0.3 is 10.5 Å². The first kappa shape index (κ1) is 6.52. The van der Waals surface area contributed by atoms with Crippen molar-refractivity contribution < 1.29 is 4.74 Å². The lowest BCUT2D eigenvalue weighted by molar-refractivity contribution is 0.176. The van der Waals surface area contributed by atoms with Gasteiger partial charge in [0.25, 0.3) is 0 Å². The van der Waals surface area contributed by atoms with Crippen LogP contribution in [-0.2, 0) is 6.54 Å². The van der Waals surface area contributed by atoms with Crippen molar-refractivity contribution in [3.8, 4) is 5.88 Å². The molecule has 0 fully saturated rings. The number of hydrogen-bond donors (Lipinski definition) is 1. The predicted octanol–water partition coefficient (Wildman–Crippen LogP) is 0.494. The molecular weight excluding hydrogens is 142 g/mol. The van der Waals surface area contributed by atoms with Gasteiger partial charge in [-0.25, -0.2) is 4.68 Å². The van der Waals surface area contributed by atoms with E-state index in [-0.39, 0.29) is 0 Å². The Morgan fingerprint density at radius 2 is 2.64 bits per heavy atom. The number of nitrogen functional groups attached to an aromatic ring is 1. The Balaban J connectivity index is 2.36. The zero-order valence-corrected chi connectivity index (χ0v) is 6.45. The number of hydrogen-bond acceptors (Lipinski definition) is 3. The Labute approximate surface area is 64.9 Å². The maximum absolute atomic E-state index is 5.60. The summed E-state index contributed by atoms with van der Waals surface area (Å²) in [4.78, 5) is 0. The number of fused-ring (bicyclic) bond motifs is 1. The van der Waals surface area contributed by atoms with Gasteiger partial charge in [0.15, 0.2) is 0 Å². The molecule has 1 aliphatic rings. The van der Waals surface area contributed by atoms with Crippen LogP contribution in [0.4, 0.5) is 5.69 Å². The quantitative estimate of drug-likeness (QED) is 0.590. The van der Waals surface area contributed by atoms with E-state index in [2.05, 4.69) is 12.0 Å². The van der Waals surface area contributed by atoms with Crippen molar-refractivity contribution in [2.24, 2.45) is 5.92 Å². The molecule has 0 amide bonds. The number of ether oxygens (including phenoxy) is 1. The molecule has 0 saturated heterocycles. The van der Waals surface area contributed by atoms with Gasteiger partial charge in [-0.15, -0.1) is 0 Å². The molecule has 1 aromatic rings. The smallest absolute Gasteiger partial charge is 0.235 e. The Morgan fingerprint density at radius 3 is 3.45 bits per heavy atom. The van der Waals surface area contributed by atoms with Crippen molar-refractivity contribution in [1.29, 1.82) is 0 Å². The number of aromatic nitrogens is 2. The summed E-state index contributed by atoms with van der Waals surface area (Å²) >= 11 is 0. The minimum Gasteiger partial charge on any atom is -0.476 e. The Bertz CT molecular complexity index is 269. The molecule has 0 radical (unpaired) electrons. The second kappa shape index (κ2) is 2.15. The van der Waals surface area contributed by atoms with Gasteiger partial charge in [0.2, 0.25) is 5.88 Å². The van der Waals surface area contributed by atoms with Crippen LogP contribution in [0, 0.1) is 5.92 Å². The van der Waals surface area contributed by atoms with Crippen LogP contribution in [0.3, 0.4) is 0 Å². The van der Waals surface area contributed by atoms with Gasteiger partial charge >= 0.3 is 0 Å². The molecule has 0 spiro atoms. The maximum Gasteiger partial charge on any atom is 0.235 e. The molecule has 0 bridgehead atoms. The van der Waals surface area contributed by atoms with E-state index < -0.39 is 0 Å². The van der Waals surface area contributed by atoms with Gasteiger partial charge in [-0.3, -0.25) is 0 Å². The van der Waals surface area contributed by atoms with Crippen LogP contribution in [0.2, 0.25) is 0 Å². The van der Waals surface area contributed by atoms with Crippen molar-refractivity contribution in [3.05, 3.63) is 6.20 Å².